The van der Waals surface area contributed by atoms with E-state index >= 15 is 0 Å². The summed E-state index contributed by atoms with van der Waals surface area (Å²) in [4.78, 5) is 18.9. The molecule has 0 aliphatic heterocycles. The van der Waals surface area contributed by atoms with Crippen molar-refractivity contribution in [3.8, 4) is 11.4 Å². The number of aromatic carboxylic acids is 1. The van der Waals surface area contributed by atoms with Gasteiger partial charge in [-0.2, -0.15) is 0 Å². The molecule has 0 radical (unpaired) electrons. The van der Waals surface area contributed by atoms with Crippen molar-refractivity contribution in [2.24, 2.45) is 0 Å². The molecule has 5 nitrogen and oxygen atoms in total. The van der Waals surface area contributed by atoms with Crippen LogP contribution < -0.4 is 5.73 Å². The number of rotatable bonds is 3. The van der Waals surface area contributed by atoms with Crippen molar-refractivity contribution in [2.75, 3.05) is 5.73 Å². The van der Waals surface area contributed by atoms with Crippen LogP contribution in [0.3, 0.4) is 0 Å². The van der Waals surface area contributed by atoms with E-state index in [0.717, 1.165) is 6.07 Å². The summed E-state index contributed by atoms with van der Waals surface area (Å²) in [5.41, 5.74) is 5.42. The number of anilines is 1. The highest BCUT2D eigenvalue weighted by atomic mass is 35.5. The average molecular weight is 294 g/mol. The van der Waals surface area contributed by atoms with Crippen LogP contribution in [0, 0.1) is 5.82 Å². The van der Waals surface area contributed by atoms with Gasteiger partial charge < -0.3 is 10.8 Å². The second-order valence-electron chi connectivity index (χ2n) is 3.83. The number of carboxylic acids is 1. The van der Waals surface area contributed by atoms with E-state index in [2.05, 4.69) is 16.5 Å². The summed E-state index contributed by atoms with van der Waals surface area (Å²) >= 11 is 5.65. The highest BCUT2D eigenvalue weighted by Gasteiger charge is 2.18. The van der Waals surface area contributed by atoms with E-state index in [1.165, 1.54) is 18.2 Å². The topological polar surface area (TPSA) is 89.1 Å². The molecule has 1 aromatic carbocycles. The first-order valence-corrected chi connectivity index (χ1v) is 5.80. The highest BCUT2D eigenvalue weighted by Crippen LogP contribution is 2.25. The maximum absolute atomic E-state index is 13.8. The van der Waals surface area contributed by atoms with Crippen LogP contribution in [0.4, 0.5) is 10.2 Å². The first-order valence-electron chi connectivity index (χ1n) is 5.42. The smallest absolute Gasteiger partial charge is 0.355 e. The van der Waals surface area contributed by atoms with Gasteiger partial charge in [-0.25, -0.2) is 19.2 Å². The van der Waals surface area contributed by atoms with E-state index in [9.17, 15) is 9.18 Å². The maximum Gasteiger partial charge on any atom is 0.355 e. The average Bonchev–Trinajstić information content (AvgIpc) is 2.37. The predicted molar refractivity (Wildman–Crippen MR) is 73.9 cm³/mol. The first-order chi connectivity index (χ1) is 9.43. The van der Waals surface area contributed by atoms with Gasteiger partial charge in [0.05, 0.1) is 5.56 Å². The summed E-state index contributed by atoms with van der Waals surface area (Å²) in [5.74, 6) is -2.18. The van der Waals surface area contributed by atoms with Gasteiger partial charge in [0.1, 0.15) is 11.6 Å². The number of hydrogen-bond acceptors (Lipinski definition) is 4. The molecule has 0 unspecified atom stereocenters. The first kappa shape index (κ1) is 14.0. The molecule has 1 aromatic heterocycles. The Kier molecular flexibility index (Phi) is 3.67. The molecule has 1 heterocycles. The Bertz CT molecular complexity index is 719. The lowest BCUT2D eigenvalue weighted by Gasteiger charge is -2.08. The molecule has 0 amide bonds. The van der Waals surface area contributed by atoms with Gasteiger partial charge in [-0.05, 0) is 18.2 Å². The summed E-state index contributed by atoms with van der Waals surface area (Å²) in [5, 5.41) is 9.31. The van der Waals surface area contributed by atoms with Gasteiger partial charge in [-0.15, -0.1) is 0 Å². The molecule has 0 bridgehead atoms. The molecule has 0 atom stereocenters. The number of nitrogens with two attached hydrogens (primary N) is 1. The minimum Gasteiger partial charge on any atom is -0.476 e. The minimum absolute atomic E-state index is 0.0132. The number of hydrogen-bond donors (Lipinski definition) is 2. The van der Waals surface area contributed by atoms with E-state index in [1.807, 2.05) is 0 Å². The van der Waals surface area contributed by atoms with Crippen LogP contribution in [0.1, 0.15) is 16.1 Å². The van der Waals surface area contributed by atoms with Gasteiger partial charge in [0, 0.05) is 10.6 Å². The quantitative estimate of drug-likeness (QED) is 0.908. The molecule has 0 aliphatic rings. The van der Waals surface area contributed by atoms with Crippen molar-refractivity contribution < 1.29 is 14.3 Å². The lowest BCUT2D eigenvalue weighted by molar-refractivity contribution is 0.0690. The predicted octanol–water partition coefficient (Wildman–Crippen LogP) is 2.86. The lowest BCUT2D eigenvalue weighted by Crippen LogP contribution is -2.10. The number of carboxylic acid groups (broad SMARTS) is 1. The van der Waals surface area contributed by atoms with Crippen LogP contribution in [-0.4, -0.2) is 21.0 Å². The van der Waals surface area contributed by atoms with Gasteiger partial charge >= 0.3 is 5.97 Å². The Labute approximate surface area is 118 Å². The summed E-state index contributed by atoms with van der Waals surface area (Å²) in [6.07, 6.45) is 1.24. The number of carbonyl (C=O) groups is 1. The number of nitrogen functional groups attached to an aromatic ring is 1. The molecule has 0 spiro atoms. The second kappa shape index (κ2) is 5.26. The van der Waals surface area contributed by atoms with Gasteiger partial charge in [-0.1, -0.05) is 24.3 Å². The van der Waals surface area contributed by atoms with Crippen molar-refractivity contribution in [3.63, 3.8) is 0 Å². The van der Waals surface area contributed by atoms with Gasteiger partial charge in [0.2, 0.25) is 0 Å². The van der Waals surface area contributed by atoms with E-state index in [-0.39, 0.29) is 33.5 Å². The summed E-state index contributed by atoms with van der Waals surface area (Å²) in [6, 6.07) is 3.88. The molecule has 0 aliphatic carbocycles. The van der Waals surface area contributed by atoms with Gasteiger partial charge in [0.25, 0.3) is 0 Å². The molecule has 0 saturated heterocycles. The molecule has 20 heavy (non-hydrogen) atoms. The fraction of sp³-hybridized carbons (Fsp3) is 0. The fourth-order valence-corrected chi connectivity index (χ4v) is 1.80. The van der Waals surface area contributed by atoms with Crippen LogP contribution in [0.2, 0.25) is 5.02 Å². The summed E-state index contributed by atoms with van der Waals surface area (Å²) in [6.45, 7) is 3.45. The molecule has 102 valence electrons. The van der Waals surface area contributed by atoms with Crippen molar-refractivity contribution in [1.29, 1.82) is 0 Å². The number of benzene rings is 1. The zero-order valence-corrected chi connectivity index (χ0v) is 10.9. The Balaban J connectivity index is 2.69. The third-order valence-electron chi connectivity index (χ3n) is 2.55. The summed E-state index contributed by atoms with van der Waals surface area (Å²) < 4.78 is 13.8. The van der Waals surface area contributed by atoms with Crippen LogP contribution in [0.15, 0.2) is 24.8 Å². The lowest BCUT2D eigenvalue weighted by atomic mass is 10.1. The maximum atomic E-state index is 13.8. The van der Waals surface area contributed by atoms with Crippen LogP contribution in [-0.2, 0) is 0 Å². The Morgan fingerprint density at radius 1 is 1.45 bits per heavy atom. The molecular weight excluding hydrogens is 285 g/mol. The number of nitrogens with zero attached hydrogens (tertiary/aromatic N) is 2. The van der Waals surface area contributed by atoms with E-state index in [1.54, 1.807) is 0 Å². The van der Waals surface area contributed by atoms with Crippen LogP contribution in [0.25, 0.3) is 17.5 Å². The van der Waals surface area contributed by atoms with E-state index in [4.69, 9.17) is 22.4 Å². The molecule has 3 N–H and O–H groups in total. The molecule has 0 fully saturated rings. The van der Waals surface area contributed by atoms with Crippen LogP contribution in [0.5, 0.6) is 0 Å². The fourth-order valence-electron chi connectivity index (χ4n) is 1.64. The highest BCUT2D eigenvalue weighted by molar-refractivity contribution is 6.30. The van der Waals surface area contributed by atoms with Gasteiger partial charge in [-0.3, -0.25) is 0 Å². The van der Waals surface area contributed by atoms with Crippen molar-refractivity contribution in [2.45, 2.75) is 0 Å². The minimum atomic E-state index is -1.30. The molecule has 0 saturated carbocycles. The zero-order valence-electron chi connectivity index (χ0n) is 10.1. The zero-order chi connectivity index (χ0) is 14.9. The molecule has 7 heteroatoms. The van der Waals surface area contributed by atoms with E-state index in [0.29, 0.717) is 0 Å². The molecule has 2 aromatic rings. The van der Waals surface area contributed by atoms with Crippen molar-refractivity contribution in [3.05, 3.63) is 46.9 Å². The molecule has 2 rings (SSSR count). The SMILES string of the molecule is C=Cc1c(N)nc(-c2ccc(Cl)cc2F)nc1C(=O)O. The monoisotopic (exact) mass is 293 g/mol. The standard InChI is InChI=1S/C13H9ClFN3O2/c1-2-7-10(13(19)20)17-12(18-11(7)16)8-4-3-6(14)5-9(8)15/h2-5H,1H2,(H,19,20)(H2,16,17,18). The largest absolute Gasteiger partial charge is 0.476 e. The normalized spacial score (nSPS) is 10.3. The van der Waals surface area contributed by atoms with Crippen molar-refractivity contribution >= 4 is 29.5 Å². The second-order valence-corrected chi connectivity index (χ2v) is 4.26. The number of halogens is 2. The Hall–Kier alpha value is -2.47. The summed E-state index contributed by atoms with van der Waals surface area (Å²) in [7, 11) is 0. The Morgan fingerprint density at radius 3 is 2.70 bits per heavy atom. The Morgan fingerprint density at radius 2 is 2.15 bits per heavy atom. The number of aromatic nitrogens is 2. The van der Waals surface area contributed by atoms with Gasteiger partial charge in [0.15, 0.2) is 11.5 Å². The third kappa shape index (κ3) is 2.46. The molecular formula is C13H9ClFN3O2. The van der Waals surface area contributed by atoms with E-state index < -0.39 is 11.8 Å². The third-order valence-corrected chi connectivity index (χ3v) is 2.79. The van der Waals surface area contributed by atoms with Crippen molar-refractivity contribution in [1.82, 2.24) is 9.97 Å². The van der Waals surface area contributed by atoms with Crippen LogP contribution >= 0.6 is 11.6 Å².